The first-order chi connectivity index (χ1) is 9.22. The van der Waals surface area contributed by atoms with E-state index in [9.17, 15) is 0 Å². The Kier molecular flexibility index (Phi) is 3.67. The SMILES string of the molecule is Cc1cc2c(c(Br)n1)CN(Cc1ccccc1)CC2. The second-order valence-corrected chi connectivity index (χ2v) is 5.89. The van der Waals surface area contributed by atoms with Crippen LogP contribution in [0.3, 0.4) is 0 Å². The highest BCUT2D eigenvalue weighted by Gasteiger charge is 2.19. The van der Waals surface area contributed by atoms with Crippen molar-refractivity contribution in [2.24, 2.45) is 0 Å². The lowest BCUT2D eigenvalue weighted by atomic mass is 10.0. The molecule has 3 heteroatoms. The molecule has 0 saturated carbocycles. The Hall–Kier alpha value is -1.19. The van der Waals surface area contributed by atoms with Crippen molar-refractivity contribution in [1.29, 1.82) is 0 Å². The summed E-state index contributed by atoms with van der Waals surface area (Å²) in [5, 5.41) is 0. The summed E-state index contributed by atoms with van der Waals surface area (Å²) in [4.78, 5) is 7.00. The average molecular weight is 317 g/mol. The standard InChI is InChI=1S/C16H17BrN2/c1-12-9-14-7-8-19(11-15(14)16(17)18-12)10-13-5-3-2-4-6-13/h2-6,9H,7-8,10-11H2,1H3. The molecule has 2 aromatic rings. The van der Waals surface area contributed by atoms with E-state index in [2.05, 4.69) is 69.1 Å². The van der Waals surface area contributed by atoms with Gasteiger partial charge in [0.15, 0.2) is 0 Å². The van der Waals surface area contributed by atoms with Crippen molar-refractivity contribution < 1.29 is 0 Å². The second kappa shape index (κ2) is 5.43. The van der Waals surface area contributed by atoms with Crippen molar-refractivity contribution in [1.82, 2.24) is 9.88 Å². The highest BCUT2D eigenvalue weighted by atomic mass is 79.9. The second-order valence-electron chi connectivity index (χ2n) is 5.14. The molecule has 0 atom stereocenters. The Balaban J connectivity index is 1.79. The van der Waals surface area contributed by atoms with E-state index in [1.165, 1.54) is 16.7 Å². The molecule has 0 spiro atoms. The van der Waals surface area contributed by atoms with Crippen LogP contribution in [-0.2, 0) is 19.5 Å². The number of aryl methyl sites for hydroxylation is 1. The minimum Gasteiger partial charge on any atom is -0.294 e. The molecular formula is C16H17BrN2. The summed E-state index contributed by atoms with van der Waals surface area (Å²) in [5.41, 5.74) is 5.28. The van der Waals surface area contributed by atoms with Gasteiger partial charge in [0.1, 0.15) is 4.60 Å². The maximum absolute atomic E-state index is 4.52. The zero-order valence-electron chi connectivity index (χ0n) is 11.1. The van der Waals surface area contributed by atoms with Crippen LogP contribution in [-0.4, -0.2) is 16.4 Å². The molecular weight excluding hydrogens is 300 g/mol. The van der Waals surface area contributed by atoms with Crippen molar-refractivity contribution in [3.63, 3.8) is 0 Å². The summed E-state index contributed by atoms with van der Waals surface area (Å²) in [6.45, 7) is 5.18. The van der Waals surface area contributed by atoms with E-state index in [4.69, 9.17) is 0 Å². The van der Waals surface area contributed by atoms with E-state index >= 15 is 0 Å². The van der Waals surface area contributed by atoms with Crippen LogP contribution in [0.1, 0.15) is 22.4 Å². The predicted molar refractivity (Wildman–Crippen MR) is 80.9 cm³/mol. The number of rotatable bonds is 2. The van der Waals surface area contributed by atoms with Crippen LogP contribution in [0.2, 0.25) is 0 Å². The molecule has 2 heterocycles. The largest absolute Gasteiger partial charge is 0.294 e. The first-order valence-corrected chi connectivity index (χ1v) is 7.43. The van der Waals surface area contributed by atoms with Crippen molar-refractivity contribution in [3.8, 4) is 0 Å². The van der Waals surface area contributed by atoms with Crippen LogP contribution in [0, 0.1) is 6.92 Å². The monoisotopic (exact) mass is 316 g/mol. The van der Waals surface area contributed by atoms with Crippen molar-refractivity contribution >= 4 is 15.9 Å². The summed E-state index contributed by atoms with van der Waals surface area (Å²) < 4.78 is 1.01. The molecule has 3 rings (SSSR count). The third kappa shape index (κ3) is 2.88. The Bertz CT molecular complexity index is 581. The molecule has 1 aromatic carbocycles. The maximum Gasteiger partial charge on any atom is 0.111 e. The van der Waals surface area contributed by atoms with Gasteiger partial charge in [-0.1, -0.05) is 30.3 Å². The van der Waals surface area contributed by atoms with Gasteiger partial charge < -0.3 is 0 Å². The lowest BCUT2D eigenvalue weighted by Crippen LogP contribution is -2.30. The number of hydrogen-bond donors (Lipinski definition) is 0. The third-order valence-electron chi connectivity index (χ3n) is 3.62. The average Bonchev–Trinajstić information content (AvgIpc) is 2.40. The smallest absolute Gasteiger partial charge is 0.111 e. The number of pyridine rings is 1. The first-order valence-electron chi connectivity index (χ1n) is 6.63. The molecule has 0 bridgehead atoms. The highest BCUT2D eigenvalue weighted by Crippen LogP contribution is 2.26. The number of fused-ring (bicyclic) bond motifs is 1. The van der Waals surface area contributed by atoms with Gasteiger partial charge in [-0.05, 0) is 46.5 Å². The number of nitrogens with zero attached hydrogens (tertiary/aromatic N) is 2. The normalized spacial score (nSPS) is 15.3. The number of aromatic nitrogens is 1. The molecule has 98 valence electrons. The lowest BCUT2D eigenvalue weighted by molar-refractivity contribution is 0.244. The minimum atomic E-state index is 0.984. The molecule has 19 heavy (non-hydrogen) atoms. The fourth-order valence-corrected chi connectivity index (χ4v) is 3.33. The summed E-state index contributed by atoms with van der Waals surface area (Å²) >= 11 is 3.61. The maximum atomic E-state index is 4.52. The van der Waals surface area contributed by atoms with E-state index in [1.54, 1.807) is 0 Å². The minimum absolute atomic E-state index is 0.984. The van der Waals surface area contributed by atoms with E-state index in [-0.39, 0.29) is 0 Å². The van der Waals surface area contributed by atoms with Gasteiger partial charge in [0.05, 0.1) is 0 Å². The van der Waals surface area contributed by atoms with Crippen molar-refractivity contribution in [3.05, 3.63) is 63.4 Å². The van der Waals surface area contributed by atoms with E-state index < -0.39 is 0 Å². The Morgan fingerprint density at radius 2 is 2.05 bits per heavy atom. The number of benzene rings is 1. The third-order valence-corrected chi connectivity index (χ3v) is 4.28. The van der Waals surface area contributed by atoms with Crippen LogP contribution >= 0.6 is 15.9 Å². The Morgan fingerprint density at radius 1 is 1.26 bits per heavy atom. The molecule has 2 nitrogen and oxygen atoms in total. The first kappa shape index (κ1) is 12.8. The molecule has 1 aliphatic heterocycles. The van der Waals surface area contributed by atoms with Gasteiger partial charge in [0.25, 0.3) is 0 Å². The molecule has 0 saturated heterocycles. The van der Waals surface area contributed by atoms with Gasteiger partial charge in [-0.3, -0.25) is 4.90 Å². The van der Waals surface area contributed by atoms with E-state index in [0.29, 0.717) is 0 Å². The zero-order chi connectivity index (χ0) is 13.2. The van der Waals surface area contributed by atoms with Crippen molar-refractivity contribution in [2.75, 3.05) is 6.54 Å². The predicted octanol–water partition coefficient (Wildman–Crippen LogP) is 3.71. The van der Waals surface area contributed by atoms with Gasteiger partial charge in [-0.25, -0.2) is 4.98 Å². The van der Waals surface area contributed by atoms with Gasteiger partial charge in [0.2, 0.25) is 0 Å². The Labute approximate surface area is 122 Å². The summed E-state index contributed by atoms with van der Waals surface area (Å²) in [7, 11) is 0. The lowest BCUT2D eigenvalue weighted by Gasteiger charge is -2.29. The molecule has 0 fully saturated rings. The fourth-order valence-electron chi connectivity index (χ4n) is 2.67. The van der Waals surface area contributed by atoms with E-state index in [0.717, 1.165) is 36.4 Å². The molecule has 0 N–H and O–H groups in total. The fraction of sp³-hybridized carbons (Fsp3) is 0.312. The Morgan fingerprint density at radius 3 is 2.84 bits per heavy atom. The molecule has 0 unspecified atom stereocenters. The topological polar surface area (TPSA) is 16.1 Å². The van der Waals surface area contributed by atoms with Crippen LogP contribution in [0.25, 0.3) is 0 Å². The van der Waals surface area contributed by atoms with Crippen LogP contribution in [0.4, 0.5) is 0 Å². The molecule has 0 amide bonds. The quantitative estimate of drug-likeness (QED) is 0.785. The van der Waals surface area contributed by atoms with Crippen LogP contribution in [0.15, 0.2) is 41.0 Å². The number of halogens is 1. The summed E-state index contributed by atoms with van der Waals surface area (Å²) in [6, 6.07) is 12.9. The van der Waals surface area contributed by atoms with Gasteiger partial charge in [0, 0.05) is 30.9 Å². The summed E-state index contributed by atoms with van der Waals surface area (Å²) in [6.07, 6.45) is 1.12. The molecule has 1 aromatic heterocycles. The van der Waals surface area contributed by atoms with Gasteiger partial charge in [-0.15, -0.1) is 0 Å². The van der Waals surface area contributed by atoms with Gasteiger partial charge >= 0.3 is 0 Å². The zero-order valence-corrected chi connectivity index (χ0v) is 12.7. The molecule has 1 aliphatic rings. The highest BCUT2D eigenvalue weighted by molar-refractivity contribution is 9.10. The molecule has 0 radical (unpaired) electrons. The number of hydrogen-bond acceptors (Lipinski definition) is 2. The van der Waals surface area contributed by atoms with Crippen LogP contribution in [0.5, 0.6) is 0 Å². The summed E-state index contributed by atoms with van der Waals surface area (Å²) in [5.74, 6) is 0. The van der Waals surface area contributed by atoms with Crippen molar-refractivity contribution in [2.45, 2.75) is 26.4 Å². The van der Waals surface area contributed by atoms with Gasteiger partial charge in [-0.2, -0.15) is 0 Å². The van der Waals surface area contributed by atoms with E-state index in [1.807, 2.05) is 0 Å². The molecule has 0 aliphatic carbocycles. The van der Waals surface area contributed by atoms with Crippen LogP contribution < -0.4 is 0 Å².